The van der Waals surface area contributed by atoms with Crippen LogP contribution in [0, 0.1) is 0 Å². The predicted octanol–water partition coefficient (Wildman–Crippen LogP) is 4.64. The molecular weight excluding hydrogens is 328 g/mol. The Kier molecular flexibility index (Phi) is 6.94. The molecule has 5 heteroatoms. The maximum absolute atomic E-state index is 11.4. The van der Waals surface area contributed by atoms with Gasteiger partial charge >= 0.3 is 5.97 Å². The molecule has 0 saturated heterocycles. The molecule has 128 valence electrons. The SMILES string of the molecule is CCOC(=O)CC(C)Oc1ccc(OCc2ccc(Cl)cc2)cc1. The smallest absolute Gasteiger partial charge is 0.309 e. The van der Waals surface area contributed by atoms with Crippen LogP contribution in [0.1, 0.15) is 25.8 Å². The van der Waals surface area contributed by atoms with Crippen molar-refractivity contribution in [3.63, 3.8) is 0 Å². The minimum atomic E-state index is -0.257. The van der Waals surface area contributed by atoms with Crippen LogP contribution in [0.5, 0.6) is 11.5 Å². The highest BCUT2D eigenvalue weighted by molar-refractivity contribution is 6.30. The van der Waals surface area contributed by atoms with Crippen LogP contribution in [0.25, 0.3) is 0 Å². The third kappa shape index (κ3) is 6.13. The van der Waals surface area contributed by atoms with Crippen LogP contribution < -0.4 is 9.47 Å². The van der Waals surface area contributed by atoms with Crippen molar-refractivity contribution in [1.29, 1.82) is 0 Å². The molecule has 2 aromatic carbocycles. The monoisotopic (exact) mass is 348 g/mol. The van der Waals surface area contributed by atoms with Gasteiger partial charge in [0, 0.05) is 5.02 Å². The third-order valence-electron chi connectivity index (χ3n) is 3.24. The third-order valence-corrected chi connectivity index (χ3v) is 3.49. The highest BCUT2D eigenvalue weighted by atomic mass is 35.5. The van der Waals surface area contributed by atoms with E-state index >= 15 is 0 Å². The van der Waals surface area contributed by atoms with Crippen molar-refractivity contribution in [2.45, 2.75) is 33.0 Å². The molecule has 0 bridgehead atoms. The Balaban J connectivity index is 1.81. The summed E-state index contributed by atoms with van der Waals surface area (Å²) in [7, 11) is 0. The molecule has 0 aromatic heterocycles. The molecule has 0 saturated carbocycles. The first-order valence-electron chi connectivity index (χ1n) is 7.86. The minimum Gasteiger partial charge on any atom is -0.490 e. The number of hydrogen-bond donors (Lipinski definition) is 0. The molecular formula is C19H21ClO4. The van der Waals surface area contributed by atoms with E-state index in [4.69, 9.17) is 25.8 Å². The summed E-state index contributed by atoms with van der Waals surface area (Å²) in [6, 6.07) is 14.8. The number of carbonyl (C=O) groups excluding carboxylic acids is 1. The Morgan fingerprint density at radius 1 is 1.04 bits per heavy atom. The molecule has 0 spiro atoms. The van der Waals surface area contributed by atoms with E-state index in [0.29, 0.717) is 24.0 Å². The van der Waals surface area contributed by atoms with E-state index in [-0.39, 0.29) is 18.5 Å². The Morgan fingerprint density at radius 2 is 1.67 bits per heavy atom. The van der Waals surface area contributed by atoms with Crippen molar-refractivity contribution in [1.82, 2.24) is 0 Å². The van der Waals surface area contributed by atoms with Gasteiger partial charge in [-0.3, -0.25) is 4.79 Å². The van der Waals surface area contributed by atoms with Crippen LogP contribution >= 0.6 is 11.6 Å². The Bertz CT molecular complexity index is 637. The lowest BCUT2D eigenvalue weighted by molar-refractivity contribution is -0.144. The fourth-order valence-electron chi connectivity index (χ4n) is 2.09. The van der Waals surface area contributed by atoms with E-state index in [1.165, 1.54) is 0 Å². The molecule has 1 unspecified atom stereocenters. The number of benzene rings is 2. The van der Waals surface area contributed by atoms with E-state index in [9.17, 15) is 4.79 Å². The zero-order valence-corrected chi connectivity index (χ0v) is 14.6. The minimum absolute atomic E-state index is 0.225. The molecule has 0 aliphatic carbocycles. The van der Waals surface area contributed by atoms with E-state index in [0.717, 1.165) is 11.3 Å². The summed E-state index contributed by atoms with van der Waals surface area (Å²) in [5.41, 5.74) is 1.04. The first-order chi connectivity index (χ1) is 11.6. The topological polar surface area (TPSA) is 44.8 Å². The van der Waals surface area contributed by atoms with Crippen molar-refractivity contribution < 1.29 is 19.0 Å². The highest BCUT2D eigenvalue weighted by Crippen LogP contribution is 2.20. The molecule has 0 amide bonds. The van der Waals surface area contributed by atoms with Crippen molar-refractivity contribution >= 4 is 17.6 Å². The standard InChI is InChI=1S/C19H21ClO4/c1-3-22-19(21)12-14(2)24-18-10-8-17(9-11-18)23-13-15-4-6-16(20)7-5-15/h4-11,14H,3,12-13H2,1-2H3. The van der Waals surface area contributed by atoms with Crippen LogP contribution in [-0.2, 0) is 16.1 Å². The number of hydrogen-bond acceptors (Lipinski definition) is 4. The fraction of sp³-hybridized carbons (Fsp3) is 0.316. The maximum Gasteiger partial charge on any atom is 0.309 e. The Hall–Kier alpha value is -2.20. The zero-order chi connectivity index (χ0) is 17.4. The molecule has 0 aliphatic heterocycles. The average molecular weight is 349 g/mol. The number of carbonyl (C=O) groups is 1. The second kappa shape index (κ2) is 9.18. The lowest BCUT2D eigenvalue weighted by Gasteiger charge is -2.14. The van der Waals surface area contributed by atoms with Gasteiger partial charge in [-0.15, -0.1) is 0 Å². The largest absolute Gasteiger partial charge is 0.490 e. The van der Waals surface area contributed by atoms with Gasteiger partial charge in [-0.1, -0.05) is 23.7 Å². The molecule has 0 radical (unpaired) electrons. The van der Waals surface area contributed by atoms with Crippen LogP contribution in [0.4, 0.5) is 0 Å². The van der Waals surface area contributed by atoms with Gasteiger partial charge < -0.3 is 14.2 Å². The molecule has 2 rings (SSSR count). The molecule has 4 nitrogen and oxygen atoms in total. The summed E-state index contributed by atoms with van der Waals surface area (Å²) < 4.78 is 16.3. The lowest BCUT2D eigenvalue weighted by Crippen LogP contribution is -2.18. The van der Waals surface area contributed by atoms with Gasteiger partial charge in [0.2, 0.25) is 0 Å². The van der Waals surface area contributed by atoms with E-state index in [1.54, 1.807) is 6.92 Å². The summed E-state index contributed by atoms with van der Waals surface area (Å²) >= 11 is 5.85. The molecule has 2 aromatic rings. The van der Waals surface area contributed by atoms with Crippen molar-refractivity contribution in [2.24, 2.45) is 0 Å². The highest BCUT2D eigenvalue weighted by Gasteiger charge is 2.11. The summed E-state index contributed by atoms with van der Waals surface area (Å²) in [5, 5.41) is 0.706. The van der Waals surface area contributed by atoms with E-state index < -0.39 is 0 Å². The second-order valence-electron chi connectivity index (χ2n) is 5.32. The van der Waals surface area contributed by atoms with Gasteiger partial charge in [-0.2, -0.15) is 0 Å². The molecule has 24 heavy (non-hydrogen) atoms. The van der Waals surface area contributed by atoms with Crippen LogP contribution in [0.15, 0.2) is 48.5 Å². The van der Waals surface area contributed by atoms with Crippen molar-refractivity contribution in [2.75, 3.05) is 6.61 Å². The van der Waals surface area contributed by atoms with Gasteiger partial charge in [0.1, 0.15) is 24.2 Å². The lowest BCUT2D eigenvalue weighted by atomic mass is 10.2. The van der Waals surface area contributed by atoms with Crippen LogP contribution in [0.2, 0.25) is 5.02 Å². The van der Waals surface area contributed by atoms with Crippen LogP contribution in [0.3, 0.4) is 0 Å². The summed E-state index contributed by atoms with van der Waals surface area (Å²) in [6.45, 7) is 4.47. The first kappa shape index (κ1) is 18.1. The summed E-state index contributed by atoms with van der Waals surface area (Å²) in [5.74, 6) is 1.17. The van der Waals surface area contributed by atoms with E-state index in [1.807, 2.05) is 55.5 Å². The molecule has 0 aliphatic rings. The van der Waals surface area contributed by atoms with E-state index in [2.05, 4.69) is 0 Å². The fourth-order valence-corrected chi connectivity index (χ4v) is 2.22. The summed E-state index contributed by atoms with van der Waals surface area (Å²) in [6.07, 6.45) is -0.0206. The van der Waals surface area contributed by atoms with Gasteiger partial charge in [0.05, 0.1) is 13.0 Å². The van der Waals surface area contributed by atoms with Gasteiger partial charge in [-0.05, 0) is 55.8 Å². The van der Waals surface area contributed by atoms with Crippen molar-refractivity contribution in [3.8, 4) is 11.5 Å². The van der Waals surface area contributed by atoms with Crippen LogP contribution in [-0.4, -0.2) is 18.7 Å². The zero-order valence-electron chi connectivity index (χ0n) is 13.8. The van der Waals surface area contributed by atoms with Gasteiger partial charge in [0.15, 0.2) is 0 Å². The molecule has 0 N–H and O–H groups in total. The Labute approximate surface area is 147 Å². The number of esters is 1. The Morgan fingerprint density at radius 3 is 2.29 bits per heavy atom. The average Bonchev–Trinajstić information content (AvgIpc) is 2.55. The predicted molar refractivity (Wildman–Crippen MR) is 93.6 cm³/mol. The molecule has 1 atom stereocenters. The quantitative estimate of drug-likeness (QED) is 0.652. The maximum atomic E-state index is 11.4. The molecule has 0 fully saturated rings. The second-order valence-corrected chi connectivity index (χ2v) is 5.76. The normalized spacial score (nSPS) is 11.6. The van der Waals surface area contributed by atoms with Crippen molar-refractivity contribution in [3.05, 3.63) is 59.1 Å². The number of rotatable bonds is 8. The summed E-state index contributed by atoms with van der Waals surface area (Å²) in [4.78, 5) is 11.4. The number of ether oxygens (including phenoxy) is 3. The van der Waals surface area contributed by atoms with Gasteiger partial charge in [0.25, 0.3) is 0 Å². The van der Waals surface area contributed by atoms with Gasteiger partial charge in [-0.25, -0.2) is 0 Å². The number of halogens is 1. The molecule has 0 heterocycles. The first-order valence-corrected chi connectivity index (χ1v) is 8.24.